The van der Waals surface area contributed by atoms with E-state index in [-0.39, 0.29) is 0 Å². The van der Waals surface area contributed by atoms with Crippen LogP contribution in [0.25, 0.3) is 5.69 Å². The highest BCUT2D eigenvalue weighted by Crippen LogP contribution is 2.00. The third kappa shape index (κ3) is 1.03. The lowest BCUT2D eigenvalue weighted by Crippen LogP contribution is -2.35. The molecular weight excluding hydrogens is 154 g/mol. The molecule has 12 heavy (non-hydrogen) atoms. The lowest BCUT2D eigenvalue weighted by molar-refractivity contribution is -0.688. The first kappa shape index (κ1) is 6.84. The molecule has 0 fully saturated rings. The van der Waals surface area contributed by atoms with Crippen LogP contribution >= 0.6 is 0 Å². The molecule has 4 heteroatoms. The Kier molecular flexibility index (Phi) is 1.51. The number of rotatable bonds is 1. The second-order valence-corrected chi connectivity index (χ2v) is 2.34. The second kappa shape index (κ2) is 2.65. The zero-order valence-electron chi connectivity index (χ0n) is 6.29. The van der Waals surface area contributed by atoms with Crippen molar-refractivity contribution in [2.24, 2.45) is 0 Å². The summed E-state index contributed by atoms with van der Waals surface area (Å²) in [5, 5.41) is 14.9. The van der Waals surface area contributed by atoms with E-state index in [1.165, 1.54) is 17.2 Å². The van der Waals surface area contributed by atoms with E-state index in [1.54, 1.807) is 0 Å². The monoisotopic (exact) mass is 161 g/mol. The molecule has 0 aliphatic heterocycles. The largest absolute Gasteiger partial charge is 0.692 e. The van der Waals surface area contributed by atoms with E-state index in [0.717, 1.165) is 5.69 Å². The van der Waals surface area contributed by atoms with E-state index in [4.69, 9.17) is 0 Å². The fourth-order valence-electron chi connectivity index (χ4n) is 1.01. The number of aromatic nitrogens is 3. The van der Waals surface area contributed by atoms with Crippen LogP contribution in [0.3, 0.4) is 0 Å². The molecule has 0 bridgehead atoms. The van der Waals surface area contributed by atoms with Crippen LogP contribution in [0.15, 0.2) is 42.7 Å². The maximum atomic E-state index is 11.0. The summed E-state index contributed by atoms with van der Waals surface area (Å²) in [6.07, 6.45) is 2.81. The minimum atomic E-state index is 0.676. The maximum absolute atomic E-state index is 11.0. The SMILES string of the molecule is [O-][n+]1ccnn1-c1ccccc1. The van der Waals surface area contributed by atoms with Crippen LogP contribution in [0.5, 0.6) is 0 Å². The van der Waals surface area contributed by atoms with Crippen molar-refractivity contribution in [2.45, 2.75) is 0 Å². The lowest BCUT2D eigenvalue weighted by atomic mass is 10.3. The predicted molar refractivity (Wildman–Crippen MR) is 42.5 cm³/mol. The third-order valence-electron chi connectivity index (χ3n) is 1.54. The molecule has 0 spiro atoms. The van der Waals surface area contributed by atoms with Crippen LogP contribution in [0, 0.1) is 5.21 Å². The average Bonchev–Trinajstić information content (AvgIpc) is 2.53. The molecular formula is C8H7N3O. The Hall–Kier alpha value is -1.84. The van der Waals surface area contributed by atoms with Crippen molar-refractivity contribution < 1.29 is 4.85 Å². The summed E-state index contributed by atoms with van der Waals surface area (Å²) in [5.41, 5.74) is 0.762. The molecule has 1 heterocycles. The first-order valence-electron chi connectivity index (χ1n) is 3.57. The molecule has 0 saturated carbocycles. The summed E-state index contributed by atoms with van der Waals surface area (Å²) in [5.74, 6) is 0. The van der Waals surface area contributed by atoms with Crippen LogP contribution < -0.4 is 4.85 Å². The van der Waals surface area contributed by atoms with Gasteiger partial charge in [-0.05, 0) is 16.9 Å². The second-order valence-electron chi connectivity index (χ2n) is 2.34. The van der Waals surface area contributed by atoms with Crippen LogP contribution in [0.1, 0.15) is 0 Å². The molecule has 0 aliphatic carbocycles. The van der Waals surface area contributed by atoms with Gasteiger partial charge in [-0.3, -0.25) is 0 Å². The van der Waals surface area contributed by atoms with Gasteiger partial charge < -0.3 is 5.21 Å². The molecule has 0 amide bonds. The molecule has 1 aromatic carbocycles. The molecule has 2 aromatic rings. The molecule has 0 unspecified atom stereocenters. The minimum Gasteiger partial charge on any atom is -0.692 e. The summed E-state index contributed by atoms with van der Waals surface area (Å²) >= 11 is 0. The molecule has 2 rings (SSSR count). The third-order valence-corrected chi connectivity index (χ3v) is 1.54. The highest BCUT2D eigenvalue weighted by Gasteiger charge is 2.03. The van der Waals surface area contributed by atoms with Gasteiger partial charge in [0.25, 0.3) is 0 Å². The fourth-order valence-corrected chi connectivity index (χ4v) is 1.01. The standard InChI is InChI=1S/C8H7N3O/c12-10-7-6-9-11(10)8-4-2-1-3-5-8/h1-7H. The van der Waals surface area contributed by atoms with Crippen LogP contribution in [0.4, 0.5) is 0 Å². The molecule has 0 radical (unpaired) electrons. The summed E-state index contributed by atoms with van der Waals surface area (Å²) < 4.78 is 0. The average molecular weight is 161 g/mol. The molecule has 60 valence electrons. The van der Waals surface area contributed by atoms with Gasteiger partial charge in [-0.15, -0.1) is 0 Å². The van der Waals surface area contributed by atoms with Crippen molar-refractivity contribution in [2.75, 3.05) is 0 Å². The van der Waals surface area contributed by atoms with Crippen molar-refractivity contribution in [3.8, 4) is 5.69 Å². The Labute approximate surface area is 69.2 Å². The predicted octanol–water partition coefficient (Wildman–Crippen LogP) is 0.506. The topological polar surface area (TPSA) is 44.8 Å². The van der Waals surface area contributed by atoms with Crippen molar-refractivity contribution >= 4 is 0 Å². The van der Waals surface area contributed by atoms with Crippen molar-refractivity contribution in [1.82, 2.24) is 9.90 Å². The summed E-state index contributed by atoms with van der Waals surface area (Å²) in [4.78, 5) is 1.95. The molecule has 0 aliphatic rings. The van der Waals surface area contributed by atoms with Crippen molar-refractivity contribution in [3.05, 3.63) is 47.9 Å². The summed E-state index contributed by atoms with van der Waals surface area (Å²) in [6, 6.07) is 9.25. The number of benzene rings is 1. The lowest BCUT2D eigenvalue weighted by Gasteiger charge is -2.01. The van der Waals surface area contributed by atoms with Gasteiger partial charge in [0.15, 0.2) is 6.20 Å². The van der Waals surface area contributed by atoms with Crippen LogP contribution in [-0.4, -0.2) is 9.90 Å². The number of para-hydroxylation sites is 1. The molecule has 1 aromatic heterocycles. The fraction of sp³-hybridized carbons (Fsp3) is 0. The summed E-state index contributed by atoms with van der Waals surface area (Å²) in [6.45, 7) is 0. The van der Waals surface area contributed by atoms with Gasteiger partial charge in [0, 0.05) is 5.10 Å². The highest BCUT2D eigenvalue weighted by molar-refractivity contribution is 5.27. The van der Waals surface area contributed by atoms with Crippen molar-refractivity contribution in [1.29, 1.82) is 0 Å². The van der Waals surface area contributed by atoms with Crippen LogP contribution in [-0.2, 0) is 0 Å². The smallest absolute Gasteiger partial charge is 0.207 e. The van der Waals surface area contributed by atoms with E-state index < -0.39 is 0 Å². The Morgan fingerprint density at radius 3 is 2.58 bits per heavy atom. The minimum absolute atomic E-state index is 0.676. The van der Waals surface area contributed by atoms with E-state index in [1.807, 2.05) is 30.3 Å². The van der Waals surface area contributed by atoms with Gasteiger partial charge in [-0.25, -0.2) is 0 Å². The van der Waals surface area contributed by atoms with E-state index in [2.05, 4.69) is 5.10 Å². The Bertz CT molecular complexity index is 369. The van der Waals surface area contributed by atoms with Gasteiger partial charge in [0.2, 0.25) is 6.20 Å². The molecule has 4 nitrogen and oxygen atoms in total. The normalized spacial score (nSPS) is 10.0. The first-order valence-corrected chi connectivity index (χ1v) is 3.57. The highest BCUT2D eigenvalue weighted by atomic mass is 16.5. The van der Waals surface area contributed by atoms with E-state index >= 15 is 0 Å². The Morgan fingerprint density at radius 2 is 2.00 bits per heavy atom. The zero-order valence-corrected chi connectivity index (χ0v) is 6.29. The van der Waals surface area contributed by atoms with Gasteiger partial charge in [0.1, 0.15) is 5.69 Å². The van der Waals surface area contributed by atoms with E-state index in [9.17, 15) is 5.21 Å². The van der Waals surface area contributed by atoms with Gasteiger partial charge in [0.05, 0.1) is 0 Å². The van der Waals surface area contributed by atoms with Crippen LogP contribution in [0.2, 0.25) is 0 Å². The van der Waals surface area contributed by atoms with Gasteiger partial charge >= 0.3 is 0 Å². The summed E-state index contributed by atoms with van der Waals surface area (Å²) in [7, 11) is 0. The first-order chi connectivity index (χ1) is 5.88. The Morgan fingerprint density at radius 1 is 1.25 bits per heavy atom. The number of nitrogens with zero attached hydrogens (tertiary/aromatic N) is 3. The quantitative estimate of drug-likeness (QED) is 0.451. The van der Waals surface area contributed by atoms with E-state index in [0.29, 0.717) is 4.85 Å². The van der Waals surface area contributed by atoms with Gasteiger partial charge in [-0.2, -0.15) is 4.85 Å². The molecule has 0 saturated heterocycles. The molecule has 0 atom stereocenters. The number of hydrogen-bond donors (Lipinski definition) is 0. The Balaban J connectivity index is 2.51. The number of hydrogen-bond acceptors (Lipinski definition) is 2. The molecule has 0 N–H and O–H groups in total. The van der Waals surface area contributed by atoms with Gasteiger partial charge in [-0.1, -0.05) is 18.2 Å². The zero-order chi connectivity index (χ0) is 8.39. The van der Waals surface area contributed by atoms with Crippen molar-refractivity contribution in [3.63, 3.8) is 0 Å². The maximum Gasteiger partial charge on any atom is 0.207 e.